The van der Waals surface area contributed by atoms with Gasteiger partial charge in [-0.3, -0.25) is 10.1 Å². The van der Waals surface area contributed by atoms with E-state index in [1.54, 1.807) is 4.72 Å². The lowest BCUT2D eigenvalue weighted by molar-refractivity contribution is -0.384. The van der Waals surface area contributed by atoms with Crippen LogP contribution in [0.4, 0.5) is 18.9 Å². The third kappa shape index (κ3) is 3.05. The van der Waals surface area contributed by atoms with Gasteiger partial charge in [0.05, 0.1) is 16.4 Å². The summed E-state index contributed by atoms with van der Waals surface area (Å²) in [4.78, 5) is 9.26. The molecule has 1 aromatic carbocycles. The lowest BCUT2D eigenvalue weighted by Gasteiger charge is -2.30. The Labute approximate surface area is 123 Å². The third-order valence-corrected chi connectivity index (χ3v) is 4.80. The Kier molecular flexibility index (Phi) is 4.15. The van der Waals surface area contributed by atoms with E-state index in [9.17, 15) is 31.7 Å². The van der Waals surface area contributed by atoms with Gasteiger partial charge in [-0.1, -0.05) is 0 Å². The highest BCUT2D eigenvalue weighted by Gasteiger charge is 2.59. The molecule has 1 fully saturated rings. The molecule has 0 bridgehead atoms. The molecule has 0 saturated carbocycles. The molecule has 1 aliphatic heterocycles. The van der Waals surface area contributed by atoms with Gasteiger partial charge in [0.25, 0.3) is 5.69 Å². The molecule has 0 amide bonds. The van der Waals surface area contributed by atoms with E-state index in [-0.39, 0.29) is 12.3 Å². The molecule has 122 valence electrons. The number of alkyl halides is 3. The number of halogens is 3. The van der Waals surface area contributed by atoms with Gasteiger partial charge in [-0.15, -0.1) is 0 Å². The second-order valence-corrected chi connectivity index (χ2v) is 6.42. The van der Waals surface area contributed by atoms with E-state index < -0.39 is 44.6 Å². The number of benzene rings is 1. The highest BCUT2D eigenvalue weighted by Crippen LogP contribution is 2.38. The smallest absolute Gasteiger partial charge is 0.379 e. The van der Waals surface area contributed by atoms with Crippen LogP contribution < -0.4 is 4.72 Å². The summed E-state index contributed by atoms with van der Waals surface area (Å²) in [6.07, 6.45) is -5.36. The molecule has 22 heavy (non-hydrogen) atoms. The third-order valence-electron chi connectivity index (χ3n) is 3.25. The number of nitro groups is 1. The first kappa shape index (κ1) is 16.6. The molecule has 0 spiro atoms. The van der Waals surface area contributed by atoms with Crippen LogP contribution in [0.1, 0.15) is 6.42 Å². The minimum absolute atomic E-state index is 0.220. The zero-order valence-corrected chi connectivity index (χ0v) is 11.8. The van der Waals surface area contributed by atoms with E-state index in [0.717, 1.165) is 24.3 Å². The van der Waals surface area contributed by atoms with Crippen molar-refractivity contribution in [2.75, 3.05) is 13.2 Å². The lowest BCUT2D eigenvalue weighted by Crippen LogP contribution is -2.59. The van der Waals surface area contributed by atoms with E-state index >= 15 is 0 Å². The number of nitro benzene ring substituents is 1. The molecule has 11 heteroatoms. The highest BCUT2D eigenvalue weighted by molar-refractivity contribution is 7.89. The summed E-state index contributed by atoms with van der Waals surface area (Å²) in [6.45, 7) is -1.04. The van der Waals surface area contributed by atoms with E-state index in [0.29, 0.717) is 0 Å². The zero-order valence-electron chi connectivity index (χ0n) is 11.0. The molecule has 0 aromatic heterocycles. The number of hydrogen-bond donors (Lipinski definition) is 1. The summed E-state index contributed by atoms with van der Waals surface area (Å²) in [5.74, 6) is 0. The average molecular weight is 340 g/mol. The van der Waals surface area contributed by atoms with Gasteiger partial charge in [0.2, 0.25) is 10.0 Å². The lowest BCUT2D eigenvalue weighted by atomic mass is 10.0. The number of ether oxygens (including phenoxy) is 1. The molecule has 1 unspecified atom stereocenters. The maximum absolute atomic E-state index is 13.1. The summed E-state index contributed by atoms with van der Waals surface area (Å²) >= 11 is 0. The predicted octanol–water partition coefficient (Wildman–Crippen LogP) is 1.59. The molecule has 1 N–H and O–H groups in total. The molecular weight excluding hydrogens is 329 g/mol. The Morgan fingerprint density at radius 3 is 2.27 bits per heavy atom. The van der Waals surface area contributed by atoms with Gasteiger partial charge in [-0.2, -0.15) is 17.9 Å². The fourth-order valence-electron chi connectivity index (χ4n) is 1.99. The number of nitrogens with zero attached hydrogens (tertiary/aromatic N) is 1. The van der Waals surface area contributed by atoms with Crippen molar-refractivity contribution in [2.45, 2.75) is 23.0 Å². The van der Waals surface area contributed by atoms with Crippen LogP contribution in [0.5, 0.6) is 0 Å². The molecule has 1 saturated heterocycles. The monoisotopic (exact) mass is 340 g/mol. The van der Waals surface area contributed by atoms with Crippen LogP contribution in [-0.2, 0) is 14.8 Å². The van der Waals surface area contributed by atoms with Crippen molar-refractivity contribution >= 4 is 15.7 Å². The summed E-state index contributed by atoms with van der Waals surface area (Å²) in [5.41, 5.74) is -3.05. The summed E-state index contributed by atoms with van der Waals surface area (Å²) < 4.78 is 69.9. The SMILES string of the molecule is O=[N+]([O-])c1ccc(S(=O)(=O)NC2(C(F)(F)F)CCOC2)cc1. The number of hydrogen-bond acceptors (Lipinski definition) is 5. The second-order valence-electron chi connectivity index (χ2n) is 4.74. The molecule has 7 nitrogen and oxygen atoms in total. The first-order valence-electron chi connectivity index (χ1n) is 6.00. The van der Waals surface area contributed by atoms with Gasteiger partial charge in [-0.05, 0) is 12.1 Å². The summed E-state index contributed by atoms with van der Waals surface area (Å²) in [5, 5.41) is 10.5. The van der Waals surface area contributed by atoms with Gasteiger partial charge < -0.3 is 4.74 Å². The Morgan fingerprint density at radius 2 is 1.86 bits per heavy atom. The quantitative estimate of drug-likeness (QED) is 0.663. The molecule has 0 radical (unpaired) electrons. The average Bonchev–Trinajstić information content (AvgIpc) is 2.87. The first-order valence-corrected chi connectivity index (χ1v) is 7.49. The van der Waals surface area contributed by atoms with Crippen LogP contribution in [0, 0.1) is 10.1 Å². The Morgan fingerprint density at radius 1 is 1.27 bits per heavy atom. The maximum atomic E-state index is 13.1. The summed E-state index contributed by atoms with van der Waals surface area (Å²) in [7, 11) is -4.50. The second kappa shape index (κ2) is 5.48. The molecule has 2 rings (SSSR count). The van der Waals surface area contributed by atoms with Crippen molar-refractivity contribution < 1.29 is 31.2 Å². The van der Waals surface area contributed by atoms with Crippen LogP contribution in [0.15, 0.2) is 29.2 Å². The maximum Gasteiger partial charge on any atom is 0.409 e. The number of nitrogens with one attached hydrogen (secondary N) is 1. The Balaban J connectivity index is 2.32. The van der Waals surface area contributed by atoms with Gasteiger partial charge in [0.1, 0.15) is 0 Å². The fraction of sp³-hybridized carbons (Fsp3) is 0.455. The van der Waals surface area contributed by atoms with E-state index in [2.05, 4.69) is 4.74 Å². The topological polar surface area (TPSA) is 98.5 Å². The summed E-state index contributed by atoms with van der Waals surface area (Å²) in [6, 6.07) is 3.56. The van der Waals surface area contributed by atoms with Crippen LogP contribution in [-0.4, -0.2) is 38.3 Å². The Hall–Kier alpha value is -1.72. The van der Waals surface area contributed by atoms with E-state index in [1.165, 1.54) is 0 Å². The van der Waals surface area contributed by atoms with Crippen LogP contribution in [0.3, 0.4) is 0 Å². The molecule has 1 aliphatic rings. The first-order chi connectivity index (χ1) is 10.1. The van der Waals surface area contributed by atoms with Gasteiger partial charge in [-0.25, -0.2) is 8.42 Å². The van der Waals surface area contributed by atoms with Crippen molar-refractivity contribution in [3.8, 4) is 0 Å². The number of non-ortho nitro benzene ring substituents is 1. The van der Waals surface area contributed by atoms with Crippen LogP contribution in [0.2, 0.25) is 0 Å². The van der Waals surface area contributed by atoms with Crippen molar-refractivity contribution in [1.29, 1.82) is 0 Å². The molecular formula is C11H11F3N2O5S. The van der Waals surface area contributed by atoms with Crippen LogP contribution in [0.25, 0.3) is 0 Å². The van der Waals surface area contributed by atoms with Gasteiger partial charge in [0.15, 0.2) is 5.54 Å². The van der Waals surface area contributed by atoms with Crippen molar-refractivity contribution in [3.63, 3.8) is 0 Å². The minimum atomic E-state index is -4.82. The molecule has 1 aromatic rings. The largest absolute Gasteiger partial charge is 0.409 e. The van der Waals surface area contributed by atoms with Gasteiger partial charge >= 0.3 is 6.18 Å². The fourth-order valence-corrected chi connectivity index (χ4v) is 3.39. The van der Waals surface area contributed by atoms with E-state index in [1.807, 2.05) is 0 Å². The molecule has 1 heterocycles. The zero-order chi connectivity index (χ0) is 16.6. The van der Waals surface area contributed by atoms with Crippen molar-refractivity contribution in [1.82, 2.24) is 4.72 Å². The predicted molar refractivity (Wildman–Crippen MR) is 67.6 cm³/mol. The Bertz CT molecular complexity index is 666. The van der Waals surface area contributed by atoms with Crippen molar-refractivity contribution in [3.05, 3.63) is 34.4 Å². The highest BCUT2D eigenvalue weighted by atomic mass is 32.2. The molecule has 1 atom stereocenters. The standard InChI is InChI=1S/C11H11F3N2O5S/c12-11(13,14)10(5-6-21-7-10)15-22(19,20)9-3-1-8(2-4-9)16(17)18/h1-4,15H,5-7H2. The van der Waals surface area contributed by atoms with Crippen molar-refractivity contribution in [2.24, 2.45) is 0 Å². The minimum Gasteiger partial charge on any atom is -0.379 e. The van der Waals surface area contributed by atoms with Gasteiger partial charge in [0, 0.05) is 25.2 Å². The van der Waals surface area contributed by atoms with E-state index in [4.69, 9.17) is 0 Å². The molecule has 0 aliphatic carbocycles. The number of rotatable bonds is 4. The number of sulfonamides is 1. The normalized spacial score (nSPS) is 22.7. The van der Waals surface area contributed by atoms with Crippen LogP contribution >= 0.6 is 0 Å².